The van der Waals surface area contributed by atoms with Crippen LogP contribution in [0, 0.1) is 0 Å². The van der Waals surface area contributed by atoms with Crippen molar-refractivity contribution in [2.45, 2.75) is 6.42 Å². The lowest BCUT2D eigenvalue weighted by Gasteiger charge is -2.29. The van der Waals surface area contributed by atoms with Gasteiger partial charge in [-0.3, -0.25) is 5.01 Å². The molecular weight excluding hydrogens is 204 g/mol. The molecule has 0 aromatic carbocycles. The summed E-state index contributed by atoms with van der Waals surface area (Å²) < 4.78 is 0. The fourth-order valence-corrected chi connectivity index (χ4v) is 1.71. The molecule has 2 rings (SSSR count). The maximum absolute atomic E-state index is 11.4. The van der Waals surface area contributed by atoms with Crippen LogP contribution in [0.5, 0.6) is 0 Å². The Hall–Kier alpha value is -1.88. The summed E-state index contributed by atoms with van der Waals surface area (Å²) in [5, 5.41) is 6.59. The third-order valence-electron chi connectivity index (χ3n) is 2.57. The minimum Gasteiger partial charge on any atom is -0.255 e. The third-order valence-corrected chi connectivity index (χ3v) is 2.57. The number of amides is 2. The van der Waals surface area contributed by atoms with E-state index in [1.54, 1.807) is 7.05 Å². The Labute approximate surface area is 94.2 Å². The van der Waals surface area contributed by atoms with Gasteiger partial charge < -0.3 is 0 Å². The number of urea groups is 1. The molecule has 5 nitrogen and oxygen atoms in total. The van der Waals surface area contributed by atoms with Crippen LogP contribution >= 0.6 is 0 Å². The lowest BCUT2D eigenvalue weighted by Crippen LogP contribution is -2.50. The normalized spacial score (nSPS) is 21.1. The smallest absolute Gasteiger partial charge is 0.255 e. The van der Waals surface area contributed by atoms with E-state index in [1.165, 1.54) is 5.01 Å². The van der Waals surface area contributed by atoms with Gasteiger partial charge in [-0.1, -0.05) is 24.8 Å². The summed E-state index contributed by atoms with van der Waals surface area (Å²) in [5.74, 6) is 5.60. The van der Waals surface area contributed by atoms with Gasteiger partial charge in [0, 0.05) is 12.6 Å². The predicted molar refractivity (Wildman–Crippen MR) is 62.5 cm³/mol. The zero-order valence-electron chi connectivity index (χ0n) is 9.18. The molecule has 0 unspecified atom stereocenters. The van der Waals surface area contributed by atoms with E-state index in [0.717, 1.165) is 28.3 Å². The van der Waals surface area contributed by atoms with Gasteiger partial charge in [-0.15, -0.1) is 0 Å². The molecule has 0 saturated carbocycles. The van der Waals surface area contributed by atoms with E-state index in [9.17, 15) is 4.79 Å². The van der Waals surface area contributed by atoms with Crippen molar-refractivity contribution >= 4 is 11.7 Å². The van der Waals surface area contributed by atoms with Crippen LogP contribution in [0.4, 0.5) is 4.79 Å². The minimum atomic E-state index is -0.304. The maximum Gasteiger partial charge on any atom is 0.354 e. The minimum absolute atomic E-state index is 0.304. The van der Waals surface area contributed by atoms with Gasteiger partial charge in [0.25, 0.3) is 0 Å². The summed E-state index contributed by atoms with van der Waals surface area (Å²) in [7, 11) is 1.59. The number of hydrogen-bond donors (Lipinski definition) is 1. The molecule has 0 radical (unpaired) electrons. The lowest BCUT2D eigenvalue weighted by atomic mass is 9.95. The van der Waals surface area contributed by atoms with Gasteiger partial charge >= 0.3 is 6.03 Å². The van der Waals surface area contributed by atoms with E-state index in [1.807, 2.05) is 18.2 Å². The summed E-state index contributed by atoms with van der Waals surface area (Å²) >= 11 is 0. The second-order valence-electron chi connectivity index (χ2n) is 3.80. The third kappa shape index (κ3) is 1.77. The first-order valence-corrected chi connectivity index (χ1v) is 5.02. The van der Waals surface area contributed by atoms with Crippen LogP contribution in [0.15, 0.2) is 41.1 Å². The fourth-order valence-electron chi connectivity index (χ4n) is 1.71. The molecule has 0 bridgehead atoms. The molecule has 0 aromatic heterocycles. The number of rotatable bonds is 1. The Balaban J connectivity index is 2.31. The van der Waals surface area contributed by atoms with Crippen molar-refractivity contribution in [1.82, 2.24) is 10.0 Å². The van der Waals surface area contributed by atoms with Gasteiger partial charge in [0.1, 0.15) is 0 Å². The average molecular weight is 218 g/mol. The highest BCUT2D eigenvalue weighted by Crippen LogP contribution is 2.21. The largest absolute Gasteiger partial charge is 0.354 e. The van der Waals surface area contributed by atoms with Gasteiger partial charge in [0.05, 0.1) is 12.3 Å². The summed E-state index contributed by atoms with van der Waals surface area (Å²) in [6.07, 6.45) is 6.75. The molecule has 1 aliphatic carbocycles. The SMILES string of the molecule is C=C1CC=CC=C1C1=NN(C)C(=O)N(N)C1. The first-order chi connectivity index (χ1) is 7.59. The molecular formula is C11H14N4O. The molecule has 16 heavy (non-hydrogen) atoms. The fraction of sp³-hybridized carbons (Fsp3) is 0.273. The van der Waals surface area contributed by atoms with Crippen molar-refractivity contribution in [3.8, 4) is 0 Å². The zero-order valence-corrected chi connectivity index (χ0v) is 9.18. The zero-order chi connectivity index (χ0) is 11.7. The van der Waals surface area contributed by atoms with Crippen molar-refractivity contribution in [1.29, 1.82) is 0 Å². The van der Waals surface area contributed by atoms with Crippen LogP contribution in [0.25, 0.3) is 0 Å². The van der Waals surface area contributed by atoms with Crippen LogP contribution in [0.3, 0.4) is 0 Å². The molecule has 84 valence electrons. The molecule has 0 atom stereocenters. The Morgan fingerprint density at radius 2 is 2.31 bits per heavy atom. The molecule has 1 heterocycles. The molecule has 2 N–H and O–H groups in total. The average Bonchev–Trinajstić information content (AvgIpc) is 2.26. The number of carbonyl (C=O) groups excluding carboxylic acids is 1. The highest BCUT2D eigenvalue weighted by molar-refractivity contribution is 6.08. The van der Waals surface area contributed by atoms with E-state index >= 15 is 0 Å². The molecule has 2 aliphatic rings. The topological polar surface area (TPSA) is 61.9 Å². The van der Waals surface area contributed by atoms with Crippen LogP contribution in [-0.2, 0) is 0 Å². The van der Waals surface area contributed by atoms with E-state index in [-0.39, 0.29) is 6.03 Å². The highest BCUT2D eigenvalue weighted by Gasteiger charge is 2.25. The van der Waals surface area contributed by atoms with E-state index in [0.29, 0.717) is 6.54 Å². The summed E-state index contributed by atoms with van der Waals surface area (Å²) in [5.41, 5.74) is 2.74. The van der Waals surface area contributed by atoms with Gasteiger partial charge in [-0.2, -0.15) is 5.10 Å². The molecule has 0 aromatic rings. The molecule has 0 fully saturated rings. The number of hydrazine groups is 1. The lowest BCUT2D eigenvalue weighted by molar-refractivity contribution is 0.165. The number of hydrazone groups is 1. The van der Waals surface area contributed by atoms with Crippen LogP contribution in [-0.4, -0.2) is 35.4 Å². The van der Waals surface area contributed by atoms with Gasteiger partial charge in [0.2, 0.25) is 0 Å². The number of nitrogens with zero attached hydrogens (tertiary/aromatic N) is 3. The van der Waals surface area contributed by atoms with Gasteiger partial charge in [-0.25, -0.2) is 15.6 Å². The maximum atomic E-state index is 11.4. The summed E-state index contributed by atoms with van der Waals surface area (Å²) in [6, 6.07) is -0.304. The first kappa shape index (κ1) is 10.6. The van der Waals surface area contributed by atoms with E-state index in [4.69, 9.17) is 5.84 Å². The van der Waals surface area contributed by atoms with E-state index in [2.05, 4.69) is 11.7 Å². The van der Waals surface area contributed by atoms with Gasteiger partial charge in [0.15, 0.2) is 0 Å². The van der Waals surface area contributed by atoms with E-state index < -0.39 is 0 Å². The second-order valence-corrected chi connectivity index (χ2v) is 3.80. The number of allylic oxidation sites excluding steroid dienone is 4. The van der Waals surface area contributed by atoms with Crippen LogP contribution in [0.2, 0.25) is 0 Å². The Morgan fingerprint density at radius 1 is 1.56 bits per heavy atom. The van der Waals surface area contributed by atoms with Crippen molar-refractivity contribution in [3.63, 3.8) is 0 Å². The van der Waals surface area contributed by atoms with Crippen LogP contribution < -0.4 is 5.84 Å². The molecule has 2 amide bonds. The van der Waals surface area contributed by atoms with Crippen molar-refractivity contribution in [2.24, 2.45) is 10.9 Å². The number of nitrogens with two attached hydrogens (primary N) is 1. The van der Waals surface area contributed by atoms with Crippen LogP contribution in [0.1, 0.15) is 6.42 Å². The summed E-state index contributed by atoms with van der Waals surface area (Å²) in [6.45, 7) is 4.30. The Morgan fingerprint density at radius 3 is 2.94 bits per heavy atom. The predicted octanol–water partition coefficient (Wildman–Crippen LogP) is 1.03. The number of hydrogen-bond acceptors (Lipinski definition) is 3. The molecule has 0 spiro atoms. The molecule has 0 saturated heterocycles. The molecule has 5 heteroatoms. The van der Waals surface area contributed by atoms with Crippen molar-refractivity contribution in [2.75, 3.05) is 13.6 Å². The Kier molecular flexibility index (Phi) is 2.62. The monoisotopic (exact) mass is 218 g/mol. The summed E-state index contributed by atoms with van der Waals surface area (Å²) in [4.78, 5) is 11.4. The second kappa shape index (κ2) is 3.94. The number of carbonyl (C=O) groups is 1. The van der Waals surface area contributed by atoms with Crippen molar-refractivity contribution in [3.05, 3.63) is 36.0 Å². The van der Waals surface area contributed by atoms with Gasteiger partial charge in [-0.05, 0) is 12.0 Å². The quantitative estimate of drug-likeness (QED) is 0.527. The Bertz CT molecular complexity index is 433. The van der Waals surface area contributed by atoms with Crippen molar-refractivity contribution < 1.29 is 4.79 Å². The molecule has 1 aliphatic heterocycles. The first-order valence-electron chi connectivity index (χ1n) is 5.02. The standard InChI is InChI=1S/C11H14N4O/c1-8-5-3-4-6-9(8)10-7-15(12)11(16)14(2)13-10/h3-4,6H,1,5,7,12H2,2H3. The highest BCUT2D eigenvalue weighted by atomic mass is 16.2.